The van der Waals surface area contributed by atoms with Crippen LogP contribution in [0.2, 0.25) is 0 Å². The normalized spacial score (nSPS) is 12.8. The second-order valence-electron chi connectivity index (χ2n) is 16.0. The third-order valence-electron chi connectivity index (χ3n) is 11.2. The van der Waals surface area contributed by atoms with Crippen LogP contribution in [0.5, 0.6) is 0 Å². The van der Waals surface area contributed by atoms with Gasteiger partial charge in [0.2, 0.25) is 5.91 Å². The predicted molar refractivity (Wildman–Crippen MR) is 249 cm³/mol. The molecule has 5 aromatic rings. The maximum Gasteiger partial charge on any atom is 0.254 e. The second kappa shape index (κ2) is 24.8. The van der Waals surface area contributed by atoms with Crippen LogP contribution in [0.4, 0.5) is 5.69 Å². The summed E-state index contributed by atoms with van der Waals surface area (Å²) in [6.07, 6.45) is 9.00. The number of benzene rings is 3. The van der Waals surface area contributed by atoms with Crippen LogP contribution in [0, 0.1) is 25.2 Å². The summed E-state index contributed by atoms with van der Waals surface area (Å²) in [7, 11) is 3.80. The average molecular weight is 889 g/mol. The first kappa shape index (κ1) is 48.3. The van der Waals surface area contributed by atoms with Gasteiger partial charge in [0.25, 0.3) is 11.5 Å². The zero-order chi connectivity index (χ0) is 46.0. The molecular weight excluding hydrogens is 829 g/mol. The Morgan fingerprint density at radius 1 is 0.846 bits per heavy atom. The first-order valence-corrected chi connectivity index (χ1v) is 22.1. The summed E-state index contributed by atoms with van der Waals surface area (Å²) in [4.78, 5) is 60.7. The lowest BCUT2D eigenvalue weighted by Gasteiger charge is -2.24. The van der Waals surface area contributed by atoms with Gasteiger partial charge in [-0.1, -0.05) is 48.4 Å². The number of nitrogens with zero attached hydrogens (tertiary/aromatic N) is 5. The van der Waals surface area contributed by atoms with Gasteiger partial charge in [-0.3, -0.25) is 19.2 Å². The number of carbonyl (C=O) groups excluding carboxylic acids is 3. The molecule has 6 rings (SSSR count). The highest BCUT2D eigenvalue weighted by molar-refractivity contribution is 6.09. The topological polar surface area (TPSA) is 156 Å². The maximum atomic E-state index is 13.7. The highest BCUT2D eigenvalue weighted by Gasteiger charge is 2.22. The van der Waals surface area contributed by atoms with Gasteiger partial charge in [0.15, 0.2) is 5.78 Å². The number of pyridine rings is 1. The van der Waals surface area contributed by atoms with Gasteiger partial charge in [-0.2, -0.15) is 0 Å². The summed E-state index contributed by atoms with van der Waals surface area (Å²) in [6.45, 7) is 7.41. The number of ketones is 1. The van der Waals surface area contributed by atoms with Gasteiger partial charge in [-0.25, -0.2) is 4.98 Å². The number of hydrogen-bond donors (Lipinski definition) is 1. The molecule has 2 amide bonds. The molecule has 0 atom stereocenters. The number of carbonyl (C=O) groups is 3. The Balaban J connectivity index is 0.998. The summed E-state index contributed by atoms with van der Waals surface area (Å²) in [6, 6.07) is 23.6. The minimum Gasteiger partial charge on any atom is -0.381 e. The number of hydrogen-bond acceptors (Lipinski definition) is 11. The van der Waals surface area contributed by atoms with Crippen molar-refractivity contribution in [1.82, 2.24) is 24.3 Å². The lowest BCUT2D eigenvalue weighted by atomic mass is 10.00. The van der Waals surface area contributed by atoms with Crippen LogP contribution in [0.15, 0.2) is 89.9 Å². The molecule has 0 bridgehead atoms. The standard InChI is InChI=1S/C50H60N6O9/c1-5-22-61-28-29-63-25-19-51-46(57)36-55(50(60)41-13-11-40(12-14-41)47(58)39-9-7-6-8-10-39)21-27-65-31-30-64-26-20-53(3)43-15-16-44-45(33-43)56(34-38-17-23-62-24-18-38)48(52-44)42-32-37(2)49(59)54(4)35-42/h1,6-16,32-33,35,38H,17-31,34,36H2,2-4H3,(H,51,57). The molecule has 1 saturated heterocycles. The van der Waals surface area contributed by atoms with Crippen LogP contribution in [0.3, 0.4) is 0 Å². The number of amides is 2. The van der Waals surface area contributed by atoms with E-state index in [2.05, 4.69) is 32.8 Å². The van der Waals surface area contributed by atoms with Gasteiger partial charge in [0.05, 0.1) is 63.8 Å². The average Bonchev–Trinajstić information content (AvgIpc) is 3.69. The molecule has 0 aliphatic carbocycles. The summed E-state index contributed by atoms with van der Waals surface area (Å²) >= 11 is 0. The number of aryl methyl sites for hydroxylation is 2. The van der Waals surface area contributed by atoms with Gasteiger partial charge in [0.1, 0.15) is 12.4 Å². The van der Waals surface area contributed by atoms with Gasteiger partial charge >= 0.3 is 0 Å². The zero-order valence-corrected chi connectivity index (χ0v) is 37.7. The molecule has 65 heavy (non-hydrogen) atoms. The quantitative estimate of drug-likeness (QED) is 0.0490. The molecule has 1 N–H and O–H groups in total. The lowest BCUT2D eigenvalue weighted by Crippen LogP contribution is -2.43. The SMILES string of the molecule is C#CCOCCOCCNC(=O)CN(CCOCCOCCN(C)c1ccc2nc(-c3cc(C)c(=O)n(C)c3)n(CC3CCOCC3)c2c1)C(=O)c1ccc(C(=O)c2ccccc2)cc1. The molecule has 2 aromatic heterocycles. The molecule has 0 saturated carbocycles. The predicted octanol–water partition coefficient (Wildman–Crippen LogP) is 4.76. The van der Waals surface area contributed by atoms with E-state index in [1.165, 1.54) is 4.90 Å². The van der Waals surface area contributed by atoms with E-state index < -0.39 is 0 Å². The fourth-order valence-corrected chi connectivity index (χ4v) is 7.57. The molecule has 1 aliphatic heterocycles. The third-order valence-corrected chi connectivity index (χ3v) is 11.2. The van der Waals surface area contributed by atoms with E-state index in [4.69, 9.17) is 35.1 Å². The minimum absolute atomic E-state index is 0.0223. The van der Waals surface area contributed by atoms with Crippen LogP contribution >= 0.6 is 0 Å². The van der Waals surface area contributed by atoms with E-state index in [1.54, 1.807) is 60.1 Å². The van der Waals surface area contributed by atoms with E-state index in [0.29, 0.717) is 67.8 Å². The van der Waals surface area contributed by atoms with Crippen molar-refractivity contribution in [3.63, 3.8) is 0 Å². The van der Waals surface area contributed by atoms with E-state index >= 15 is 0 Å². The molecule has 0 radical (unpaired) electrons. The fraction of sp³-hybridized carbons (Fsp3) is 0.420. The molecule has 3 heterocycles. The van der Waals surface area contributed by atoms with Crippen molar-refractivity contribution in [1.29, 1.82) is 0 Å². The highest BCUT2D eigenvalue weighted by atomic mass is 16.5. The van der Waals surface area contributed by atoms with Gasteiger partial charge in [-0.05, 0) is 62.1 Å². The third kappa shape index (κ3) is 13.9. The minimum atomic E-state index is -0.369. The van der Waals surface area contributed by atoms with Crippen molar-refractivity contribution in [2.45, 2.75) is 26.3 Å². The number of terminal acetylenes is 1. The number of likely N-dealkylation sites (N-methyl/N-ethyl adjacent to an activating group) is 1. The first-order chi connectivity index (χ1) is 31.6. The molecule has 0 unspecified atom stereocenters. The van der Waals surface area contributed by atoms with Crippen molar-refractivity contribution in [3.05, 3.63) is 118 Å². The van der Waals surface area contributed by atoms with E-state index in [9.17, 15) is 19.2 Å². The Labute approximate surface area is 380 Å². The molecule has 1 aliphatic rings. The van der Waals surface area contributed by atoms with Crippen molar-refractivity contribution < 1.29 is 38.1 Å². The molecule has 15 nitrogen and oxygen atoms in total. The Morgan fingerprint density at radius 2 is 1.51 bits per heavy atom. The van der Waals surface area contributed by atoms with Crippen molar-refractivity contribution in [2.75, 3.05) is 104 Å². The van der Waals surface area contributed by atoms with E-state index in [0.717, 1.165) is 60.7 Å². The molecule has 0 spiro atoms. The van der Waals surface area contributed by atoms with Crippen LogP contribution in [-0.2, 0) is 42.1 Å². The Morgan fingerprint density at radius 3 is 2.22 bits per heavy atom. The van der Waals surface area contributed by atoms with Gasteiger partial charge in [-0.15, -0.1) is 6.42 Å². The Hall–Kier alpha value is -6.15. The Bertz CT molecular complexity index is 2410. The first-order valence-electron chi connectivity index (χ1n) is 22.1. The van der Waals surface area contributed by atoms with Gasteiger partial charge < -0.3 is 47.9 Å². The second-order valence-corrected chi connectivity index (χ2v) is 16.0. The molecule has 3 aromatic carbocycles. The zero-order valence-electron chi connectivity index (χ0n) is 37.7. The maximum absolute atomic E-state index is 13.7. The fourth-order valence-electron chi connectivity index (χ4n) is 7.57. The number of ether oxygens (including phenoxy) is 5. The number of nitrogens with one attached hydrogen (secondary N) is 1. The van der Waals surface area contributed by atoms with E-state index in [-0.39, 0.29) is 62.6 Å². The summed E-state index contributed by atoms with van der Waals surface area (Å²) in [5, 5.41) is 2.79. The number of fused-ring (bicyclic) bond motifs is 1. The Kier molecular flexibility index (Phi) is 18.4. The summed E-state index contributed by atoms with van der Waals surface area (Å²) in [5.74, 6) is 2.82. The van der Waals surface area contributed by atoms with Crippen molar-refractivity contribution >= 4 is 34.3 Å². The van der Waals surface area contributed by atoms with Crippen LogP contribution < -0.4 is 15.8 Å². The summed E-state index contributed by atoms with van der Waals surface area (Å²) in [5.41, 5.74) is 5.85. The van der Waals surface area contributed by atoms with Crippen molar-refractivity contribution in [2.24, 2.45) is 13.0 Å². The lowest BCUT2D eigenvalue weighted by molar-refractivity contribution is -0.122. The number of imidazole rings is 1. The number of rotatable bonds is 25. The van der Waals surface area contributed by atoms with Crippen LogP contribution in [-0.4, -0.2) is 136 Å². The number of anilines is 1. The van der Waals surface area contributed by atoms with Crippen molar-refractivity contribution in [3.8, 4) is 23.7 Å². The molecule has 1 fully saturated rings. The number of aromatic nitrogens is 3. The highest BCUT2D eigenvalue weighted by Crippen LogP contribution is 2.30. The molecule has 344 valence electrons. The smallest absolute Gasteiger partial charge is 0.254 e. The largest absolute Gasteiger partial charge is 0.381 e. The monoisotopic (exact) mass is 888 g/mol. The van der Waals surface area contributed by atoms with Crippen LogP contribution in [0.1, 0.15) is 44.7 Å². The van der Waals surface area contributed by atoms with Gasteiger partial charge in [0, 0.05) is 93.2 Å². The summed E-state index contributed by atoms with van der Waals surface area (Å²) < 4.78 is 32.0. The van der Waals surface area contributed by atoms with E-state index in [1.807, 2.05) is 38.4 Å². The van der Waals surface area contributed by atoms with Crippen LogP contribution in [0.25, 0.3) is 22.4 Å². The molecular formula is C50H60N6O9. The molecule has 15 heteroatoms.